The lowest BCUT2D eigenvalue weighted by molar-refractivity contribution is -0.387. The maximum atomic E-state index is 12.2. The summed E-state index contributed by atoms with van der Waals surface area (Å²) in [4.78, 5) is 9.44. The minimum absolute atomic E-state index is 0.259. The molecule has 0 amide bonds. The minimum Gasteiger partial charge on any atom is -0.279 e. The number of hydrogen-bond donors (Lipinski definition) is 1. The van der Waals surface area contributed by atoms with Crippen LogP contribution in [0.2, 0.25) is 8.67 Å². The molecule has 0 saturated carbocycles. The van der Waals surface area contributed by atoms with E-state index in [9.17, 15) is 18.5 Å². The number of halogens is 2. The topological polar surface area (TPSA) is 89.3 Å². The first-order valence-corrected chi connectivity index (χ1v) is 8.08. The van der Waals surface area contributed by atoms with E-state index < -0.39 is 25.5 Å². The summed E-state index contributed by atoms with van der Waals surface area (Å²) in [7, 11) is -4.20. The molecule has 1 heterocycles. The normalized spacial score (nSPS) is 11.3. The predicted octanol–water partition coefficient (Wildman–Crippen LogP) is 3.76. The van der Waals surface area contributed by atoms with Gasteiger partial charge in [0.05, 0.1) is 4.92 Å². The Kier molecular flexibility index (Phi) is 4.19. The first-order valence-electron chi connectivity index (χ1n) is 5.03. The summed E-state index contributed by atoms with van der Waals surface area (Å²) in [6.45, 7) is 0. The van der Waals surface area contributed by atoms with Gasteiger partial charge in [0, 0.05) is 5.69 Å². The summed E-state index contributed by atoms with van der Waals surface area (Å²) >= 11 is 12.0. The number of benzene rings is 1. The molecule has 0 fully saturated rings. The second-order valence-electron chi connectivity index (χ2n) is 3.56. The van der Waals surface area contributed by atoms with Crippen molar-refractivity contribution >= 4 is 55.9 Å². The number of nitro groups is 1. The van der Waals surface area contributed by atoms with Crippen molar-refractivity contribution in [2.75, 3.05) is 4.72 Å². The van der Waals surface area contributed by atoms with Gasteiger partial charge in [0.2, 0.25) is 0 Å². The summed E-state index contributed by atoms with van der Waals surface area (Å²) in [6, 6.07) is 7.95. The molecule has 2 aromatic rings. The Morgan fingerprint density at radius 3 is 2.30 bits per heavy atom. The summed E-state index contributed by atoms with van der Waals surface area (Å²) < 4.78 is 26.1. The third-order valence-corrected chi connectivity index (χ3v) is 5.50. The zero-order valence-corrected chi connectivity index (χ0v) is 12.7. The van der Waals surface area contributed by atoms with Gasteiger partial charge in [0.1, 0.15) is 4.34 Å². The van der Waals surface area contributed by atoms with E-state index in [1.165, 1.54) is 12.1 Å². The van der Waals surface area contributed by atoms with Crippen molar-refractivity contribution in [3.05, 3.63) is 49.1 Å². The standard InChI is InChI=1S/C10H6Cl2N2O4S2/c11-9-7(14(15)16)8(10(12)19-9)20(17,18)13-6-4-2-1-3-5-6/h1-5,13H. The number of anilines is 1. The number of rotatable bonds is 4. The van der Waals surface area contributed by atoms with Crippen molar-refractivity contribution in [1.29, 1.82) is 0 Å². The SMILES string of the molecule is O=[N+]([O-])c1c(Cl)sc(Cl)c1S(=O)(=O)Nc1ccccc1. The molecular formula is C10H6Cl2N2O4S2. The molecule has 20 heavy (non-hydrogen) atoms. The molecule has 6 nitrogen and oxygen atoms in total. The number of para-hydroxylation sites is 1. The van der Waals surface area contributed by atoms with Gasteiger partial charge in [-0.3, -0.25) is 14.8 Å². The second kappa shape index (κ2) is 5.57. The lowest BCUT2D eigenvalue weighted by Gasteiger charge is -2.06. The first kappa shape index (κ1) is 15.0. The Bertz CT molecular complexity index is 759. The van der Waals surface area contributed by atoms with Crippen LogP contribution in [0.4, 0.5) is 11.4 Å². The van der Waals surface area contributed by atoms with Crippen LogP contribution in [0.5, 0.6) is 0 Å². The highest BCUT2D eigenvalue weighted by atomic mass is 35.5. The van der Waals surface area contributed by atoms with Crippen LogP contribution in [-0.4, -0.2) is 13.3 Å². The van der Waals surface area contributed by atoms with E-state index in [1.807, 2.05) is 0 Å². The van der Waals surface area contributed by atoms with Gasteiger partial charge >= 0.3 is 5.69 Å². The second-order valence-corrected chi connectivity index (χ2v) is 7.40. The predicted molar refractivity (Wildman–Crippen MR) is 78.2 cm³/mol. The largest absolute Gasteiger partial charge is 0.320 e. The van der Waals surface area contributed by atoms with E-state index in [0.717, 1.165) is 0 Å². The molecule has 10 heteroatoms. The molecule has 0 spiro atoms. The highest BCUT2D eigenvalue weighted by Crippen LogP contribution is 2.45. The molecule has 106 valence electrons. The highest BCUT2D eigenvalue weighted by molar-refractivity contribution is 7.93. The number of nitrogens with one attached hydrogen (secondary N) is 1. The van der Waals surface area contributed by atoms with Crippen molar-refractivity contribution in [3.8, 4) is 0 Å². The van der Waals surface area contributed by atoms with Crippen LogP contribution in [0.1, 0.15) is 0 Å². The van der Waals surface area contributed by atoms with Crippen LogP contribution in [0.25, 0.3) is 0 Å². The number of thiophene rings is 1. The molecule has 1 aromatic carbocycles. The summed E-state index contributed by atoms with van der Waals surface area (Å²) in [5, 5.41) is 10.9. The highest BCUT2D eigenvalue weighted by Gasteiger charge is 2.35. The van der Waals surface area contributed by atoms with Gasteiger partial charge in [0.15, 0.2) is 9.23 Å². The molecule has 0 unspecified atom stereocenters. The molecule has 0 aliphatic rings. The fraction of sp³-hybridized carbons (Fsp3) is 0. The molecule has 0 radical (unpaired) electrons. The summed E-state index contributed by atoms with van der Waals surface area (Å²) in [5.74, 6) is 0. The van der Waals surface area contributed by atoms with E-state index in [4.69, 9.17) is 23.2 Å². The molecule has 0 aliphatic heterocycles. The van der Waals surface area contributed by atoms with Crippen molar-refractivity contribution < 1.29 is 13.3 Å². The Morgan fingerprint density at radius 1 is 1.15 bits per heavy atom. The molecule has 0 atom stereocenters. The Labute approximate surface area is 128 Å². The van der Waals surface area contributed by atoms with Gasteiger partial charge < -0.3 is 0 Å². The number of nitrogens with zero attached hydrogens (tertiary/aromatic N) is 1. The summed E-state index contributed by atoms with van der Waals surface area (Å²) in [5.41, 5.74) is -0.453. The molecule has 0 saturated heterocycles. The monoisotopic (exact) mass is 352 g/mol. The van der Waals surface area contributed by atoms with Crippen LogP contribution in [-0.2, 0) is 10.0 Å². The van der Waals surface area contributed by atoms with E-state index in [0.29, 0.717) is 11.3 Å². The zero-order chi connectivity index (χ0) is 14.9. The molecule has 1 aromatic heterocycles. The van der Waals surface area contributed by atoms with Crippen molar-refractivity contribution in [3.63, 3.8) is 0 Å². The van der Waals surface area contributed by atoms with E-state index in [-0.39, 0.29) is 14.4 Å². The fourth-order valence-corrected chi connectivity index (χ4v) is 4.98. The Morgan fingerprint density at radius 2 is 1.75 bits per heavy atom. The van der Waals surface area contributed by atoms with Gasteiger partial charge in [-0.05, 0) is 12.1 Å². The van der Waals surface area contributed by atoms with Crippen molar-refractivity contribution in [2.24, 2.45) is 0 Å². The molecule has 0 aliphatic carbocycles. The van der Waals surface area contributed by atoms with E-state index in [2.05, 4.69) is 4.72 Å². The van der Waals surface area contributed by atoms with Crippen LogP contribution < -0.4 is 4.72 Å². The Hall–Kier alpha value is -1.35. The maximum Gasteiger partial charge on any atom is 0.320 e. The van der Waals surface area contributed by atoms with Crippen LogP contribution in [0.3, 0.4) is 0 Å². The molecular weight excluding hydrogens is 347 g/mol. The van der Waals surface area contributed by atoms with E-state index in [1.54, 1.807) is 18.2 Å². The third kappa shape index (κ3) is 2.88. The first-order chi connectivity index (χ1) is 9.33. The van der Waals surface area contributed by atoms with Crippen molar-refractivity contribution in [2.45, 2.75) is 4.90 Å². The Balaban J connectivity index is 2.53. The van der Waals surface area contributed by atoms with E-state index >= 15 is 0 Å². The molecule has 1 N–H and O–H groups in total. The van der Waals surface area contributed by atoms with Crippen molar-refractivity contribution in [1.82, 2.24) is 0 Å². The molecule has 0 bridgehead atoms. The average Bonchev–Trinajstić information content (AvgIpc) is 2.65. The van der Waals surface area contributed by atoms with Gasteiger partial charge in [-0.2, -0.15) is 0 Å². The summed E-state index contributed by atoms with van der Waals surface area (Å²) in [6.07, 6.45) is 0. The number of sulfonamides is 1. The maximum absolute atomic E-state index is 12.2. The van der Waals surface area contributed by atoms with Crippen LogP contribution >= 0.6 is 34.5 Å². The smallest absolute Gasteiger partial charge is 0.279 e. The van der Waals surface area contributed by atoms with Gasteiger partial charge in [-0.15, -0.1) is 11.3 Å². The van der Waals surface area contributed by atoms with Gasteiger partial charge in [-0.25, -0.2) is 8.42 Å². The molecule has 2 rings (SSSR count). The number of hydrogen-bond acceptors (Lipinski definition) is 5. The lowest BCUT2D eigenvalue weighted by Crippen LogP contribution is -2.14. The zero-order valence-electron chi connectivity index (χ0n) is 9.54. The van der Waals surface area contributed by atoms with Gasteiger partial charge in [-0.1, -0.05) is 41.4 Å². The average molecular weight is 353 g/mol. The quantitative estimate of drug-likeness (QED) is 0.669. The van der Waals surface area contributed by atoms with Crippen LogP contribution in [0, 0.1) is 10.1 Å². The third-order valence-electron chi connectivity index (χ3n) is 2.24. The fourth-order valence-electron chi connectivity index (χ4n) is 1.46. The van der Waals surface area contributed by atoms with Crippen LogP contribution in [0.15, 0.2) is 35.2 Å². The minimum atomic E-state index is -4.20. The lowest BCUT2D eigenvalue weighted by atomic mass is 10.3. The van der Waals surface area contributed by atoms with Gasteiger partial charge in [0.25, 0.3) is 10.0 Å².